The molecule has 4 heteroatoms. The second-order valence-electron chi connectivity index (χ2n) is 5.17. The SMILES string of the molecule is CC1(C)CN(c2ccnc(Cl)n2)c2ccccc21. The Kier molecular flexibility index (Phi) is 2.52. The molecule has 0 bridgehead atoms. The fourth-order valence-electron chi connectivity index (χ4n) is 2.53. The van der Waals surface area contributed by atoms with Crippen molar-refractivity contribution in [1.82, 2.24) is 9.97 Å². The fourth-order valence-corrected chi connectivity index (χ4v) is 2.67. The summed E-state index contributed by atoms with van der Waals surface area (Å²) in [4.78, 5) is 10.4. The number of anilines is 2. The van der Waals surface area contributed by atoms with Crippen molar-refractivity contribution >= 4 is 23.1 Å². The van der Waals surface area contributed by atoms with Gasteiger partial charge in [-0.1, -0.05) is 32.0 Å². The van der Waals surface area contributed by atoms with E-state index in [9.17, 15) is 0 Å². The van der Waals surface area contributed by atoms with Crippen LogP contribution in [-0.2, 0) is 5.41 Å². The minimum absolute atomic E-state index is 0.119. The number of fused-ring (bicyclic) bond motifs is 1. The zero-order valence-electron chi connectivity index (χ0n) is 10.4. The Balaban J connectivity index is 2.11. The molecule has 0 amide bonds. The first-order valence-corrected chi connectivity index (χ1v) is 6.31. The van der Waals surface area contributed by atoms with E-state index in [1.165, 1.54) is 11.3 Å². The topological polar surface area (TPSA) is 29.0 Å². The van der Waals surface area contributed by atoms with Gasteiger partial charge in [-0.15, -0.1) is 0 Å². The third-order valence-electron chi connectivity index (χ3n) is 3.37. The van der Waals surface area contributed by atoms with Crippen molar-refractivity contribution < 1.29 is 0 Å². The lowest BCUT2D eigenvalue weighted by atomic mass is 9.87. The Bertz CT molecular complexity index is 595. The van der Waals surface area contributed by atoms with E-state index in [0.717, 1.165) is 12.4 Å². The van der Waals surface area contributed by atoms with Gasteiger partial charge in [-0.25, -0.2) is 9.97 Å². The number of para-hydroxylation sites is 1. The first-order chi connectivity index (χ1) is 8.58. The third-order valence-corrected chi connectivity index (χ3v) is 3.55. The highest BCUT2D eigenvalue weighted by atomic mass is 35.5. The highest BCUT2D eigenvalue weighted by Crippen LogP contribution is 2.43. The average molecular weight is 260 g/mol. The van der Waals surface area contributed by atoms with Gasteiger partial charge in [0, 0.05) is 23.8 Å². The Labute approximate surface area is 111 Å². The maximum Gasteiger partial charge on any atom is 0.224 e. The molecule has 18 heavy (non-hydrogen) atoms. The number of nitrogens with zero attached hydrogens (tertiary/aromatic N) is 3. The molecule has 0 saturated heterocycles. The molecule has 1 aromatic heterocycles. The zero-order chi connectivity index (χ0) is 12.8. The van der Waals surface area contributed by atoms with Crippen LogP contribution in [0.1, 0.15) is 19.4 Å². The van der Waals surface area contributed by atoms with Crippen LogP contribution in [-0.4, -0.2) is 16.5 Å². The van der Waals surface area contributed by atoms with Gasteiger partial charge in [0.05, 0.1) is 0 Å². The zero-order valence-corrected chi connectivity index (χ0v) is 11.1. The molecule has 0 aliphatic carbocycles. The number of halogens is 1. The predicted molar refractivity (Wildman–Crippen MR) is 73.5 cm³/mol. The first kappa shape index (κ1) is 11.5. The fraction of sp³-hybridized carbons (Fsp3) is 0.286. The standard InChI is InChI=1S/C14H14ClN3/c1-14(2)9-18(11-6-4-3-5-10(11)14)12-7-8-16-13(15)17-12/h3-8H,9H2,1-2H3. The van der Waals surface area contributed by atoms with Crippen LogP contribution in [0.5, 0.6) is 0 Å². The molecule has 92 valence electrons. The number of hydrogen-bond acceptors (Lipinski definition) is 3. The lowest BCUT2D eigenvalue weighted by Gasteiger charge is -2.21. The van der Waals surface area contributed by atoms with Crippen LogP contribution < -0.4 is 4.90 Å². The van der Waals surface area contributed by atoms with E-state index in [1.807, 2.05) is 6.07 Å². The summed E-state index contributed by atoms with van der Waals surface area (Å²) in [6.45, 7) is 5.39. The largest absolute Gasteiger partial charge is 0.325 e. The third kappa shape index (κ3) is 1.75. The van der Waals surface area contributed by atoms with E-state index < -0.39 is 0 Å². The van der Waals surface area contributed by atoms with Gasteiger partial charge in [0.15, 0.2) is 0 Å². The molecule has 3 nitrogen and oxygen atoms in total. The van der Waals surface area contributed by atoms with Crippen molar-refractivity contribution in [3.8, 4) is 0 Å². The van der Waals surface area contributed by atoms with E-state index >= 15 is 0 Å². The summed E-state index contributed by atoms with van der Waals surface area (Å²) in [5.41, 5.74) is 2.67. The lowest BCUT2D eigenvalue weighted by molar-refractivity contribution is 0.567. The van der Waals surface area contributed by atoms with E-state index in [2.05, 4.69) is 53.0 Å². The van der Waals surface area contributed by atoms with Gasteiger partial charge in [0.25, 0.3) is 0 Å². The predicted octanol–water partition coefficient (Wildman–Crippen LogP) is 3.56. The van der Waals surface area contributed by atoms with Crippen LogP contribution >= 0.6 is 11.6 Å². The lowest BCUT2D eigenvalue weighted by Crippen LogP contribution is -2.25. The molecule has 0 N–H and O–H groups in total. The molecule has 0 atom stereocenters. The second-order valence-corrected chi connectivity index (χ2v) is 5.51. The van der Waals surface area contributed by atoms with Crippen molar-refractivity contribution in [3.05, 3.63) is 47.4 Å². The minimum atomic E-state index is 0.119. The molecule has 0 unspecified atom stereocenters. The van der Waals surface area contributed by atoms with Crippen LogP contribution in [0.3, 0.4) is 0 Å². The molecule has 2 heterocycles. The maximum atomic E-state index is 5.87. The minimum Gasteiger partial charge on any atom is -0.325 e. The number of hydrogen-bond donors (Lipinski definition) is 0. The molecule has 0 spiro atoms. The molecular formula is C14H14ClN3. The van der Waals surface area contributed by atoms with Gasteiger partial charge in [-0.3, -0.25) is 0 Å². The molecular weight excluding hydrogens is 246 g/mol. The summed E-state index contributed by atoms with van der Waals surface area (Å²) >= 11 is 5.87. The molecule has 1 aromatic carbocycles. The molecule has 2 aromatic rings. The summed E-state index contributed by atoms with van der Waals surface area (Å²) in [7, 11) is 0. The summed E-state index contributed by atoms with van der Waals surface area (Å²) in [6.07, 6.45) is 1.69. The normalized spacial score (nSPS) is 16.7. The second kappa shape index (κ2) is 3.95. The van der Waals surface area contributed by atoms with Gasteiger partial charge in [0.2, 0.25) is 5.28 Å². The summed E-state index contributed by atoms with van der Waals surface area (Å²) < 4.78 is 0. The Hall–Kier alpha value is -1.61. The summed E-state index contributed by atoms with van der Waals surface area (Å²) in [5, 5.41) is 0.287. The van der Waals surface area contributed by atoms with Gasteiger partial charge < -0.3 is 4.90 Å². The van der Waals surface area contributed by atoms with E-state index in [0.29, 0.717) is 0 Å². The van der Waals surface area contributed by atoms with Crippen LogP contribution in [0.4, 0.5) is 11.5 Å². The number of aromatic nitrogens is 2. The summed E-state index contributed by atoms with van der Waals surface area (Å²) in [6, 6.07) is 10.3. The summed E-state index contributed by atoms with van der Waals surface area (Å²) in [5.74, 6) is 0.855. The Morgan fingerprint density at radius 1 is 1.22 bits per heavy atom. The van der Waals surface area contributed by atoms with E-state index in [4.69, 9.17) is 11.6 Å². The van der Waals surface area contributed by atoms with Crippen LogP contribution in [0, 0.1) is 0 Å². The first-order valence-electron chi connectivity index (χ1n) is 5.93. The van der Waals surface area contributed by atoms with Crippen LogP contribution in [0.2, 0.25) is 5.28 Å². The average Bonchev–Trinajstić information content (AvgIpc) is 2.63. The smallest absolute Gasteiger partial charge is 0.224 e. The molecule has 3 rings (SSSR count). The van der Waals surface area contributed by atoms with E-state index in [-0.39, 0.29) is 10.7 Å². The van der Waals surface area contributed by atoms with Crippen molar-refractivity contribution in [3.63, 3.8) is 0 Å². The van der Waals surface area contributed by atoms with Gasteiger partial charge in [-0.05, 0) is 29.3 Å². The Morgan fingerprint density at radius 2 is 2.00 bits per heavy atom. The van der Waals surface area contributed by atoms with Crippen molar-refractivity contribution in [2.75, 3.05) is 11.4 Å². The van der Waals surface area contributed by atoms with Crippen LogP contribution in [0.15, 0.2) is 36.5 Å². The number of rotatable bonds is 1. The highest BCUT2D eigenvalue weighted by Gasteiger charge is 2.35. The van der Waals surface area contributed by atoms with Crippen molar-refractivity contribution in [2.45, 2.75) is 19.3 Å². The van der Waals surface area contributed by atoms with Gasteiger partial charge >= 0.3 is 0 Å². The van der Waals surface area contributed by atoms with E-state index in [1.54, 1.807) is 6.20 Å². The van der Waals surface area contributed by atoms with Gasteiger partial charge in [0.1, 0.15) is 5.82 Å². The van der Waals surface area contributed by atoms with Crippen molar-refractivity contribution in [1.29, 1.82) is 0 Å². The molecule has 1 aliphatic heterocycles. The van der Waals surface area contributed by atoms with Gasteiger partial charge in [-0.2, -0.15) is 0 Å². The Morgan fingerprint density at radius 3 is 2.78 bits per heavy atom. The molecule has 1 aliphatic rings. The van der Waals surface area contributed by atoms with Crippen molar-refractivity contribution in [2.24, 2.45) is 0 Å². The van der Waals surface area contributed by atoms with Crippen LogP contribution in [0.25, 0.3) is 0 Å². The molecule has 0 saturated carbocycles. The monoisotopic (exact) mass is 259 g/mol. The number of benzene rings is 1. The maximum absolute atomic E-state index is 5.87. The highest BCUT2D eigenvalue weighted by molar-refractivity contribution is 6.28. The molecule has 0 radical (unpaired) electrons. The molecule has 0 fully saturated rings. The quantitative estimate of drug-likeness (QED) is 0.734.